The van der Waals surface area contributed by atoms with Gasteiger partial charge in [-0.2, -0.15) is 0 Å². The fourth-order valence-electron chi connectivity index (χ4n) is 2.45. The molecule has 1 aromatic rings. The Morgan fingerprint density at radius 2 is 1.56 bits per heavy atom. The first-order chi connectivity index (χ1) is 8.28. The van der Waals surface area contributed by atoms with Crippen LogP contribution in [-0.2, 0) is 0 Å². The van der Waals surface area contributed by atoms with Gasteiger partial charge >= 0.3 is 0 Å². The lowest BCUT2D eigenvalue weighted by Crippen LogP contribution is -2.41. The third kappa shape index (κ3) is 4.22. The molecule has 18 heavy (non-hydrogen) atoms. The van der Waals surface area contributed by atoms with Crippen molar-refractivity contribution < 1.29 is 9.84 Å². The van der Waals surface area contributed by atoms with Crippen molar-refractivity contribution in [1.29, 1.82) is 0 Å². The number of phenols is 1. The van der Waals surface area contributed by atoms with Crippen LogP contribution in [0.3, 0.4) is 0 Å². The zero-order valence-electron chi connectivity index (χ0n) is 10.4. The highest BCUT2D eigenvalue weighted by Gasteiger charge is 2.24. The van der Waals surface area contributed by atoms with Crippen LogP contribution >= 0.6 is 0 Å². The van der Waals surface area contributed by atoms with Crippen LogP contribution < -0.4 is 4.74 Å². The van der Waals surface area contributed by atoms with E-state index in [1.54, 1.807) is 31.4 Å². The Kier molecular flexibility index (Phi) is 5.99. The molecular weight excluding hydrogens is 226 g/mol. The second kappa shape index (κ2) is 7.27. The molecule has 2 bridgehead atoms. The number of benzene rings is 1. The first kappa shape index (κ1) is 14.8. The number of fused-ring (bicyclic) bond motifs is 3. The molecule has 3 fully saturated rings. The minimum Gasteiger partial charge on any atom is -0.508 e. The van der Waals surface area contributed by atoms with E-state index in [4.69, 9.17) is 9.84 Å². The second-order valence-electron chi connectivity index (χ2n) is 4.77. The van der Waals surface area contributed by atoms with Gasteiger partial charge in [0.2, 0.25) is 0 Å². The van der Waals surface area contributed by atoms with Crippen LogP contribution in [0.2, 0.25) is 0 Å². The Morgan fingerprint density at radius 3 is 1.83 bits per heavy atom. The lowest BCUT2D eigenvalue weighted by molar-refractivity contribution is 0.111. The van der Waals surface area contributed by atoms with E-state index < -0.39 is 0 Å². The Bertz CT molecular complexity index is 306. The van der Waals surface area contributed by atoms with Crippen LogP contribution in [0.15, 0.2) is 24.3 Å². The molecule has 3 heterocycles. The van der Waals surface area contributed by atoms with Gasteiger partial charge in [-0.15, -0.1) is 0 Å². The molecule has 0 aliphatic carbocycles. The van der Waals surface area contributed by atoms with Gasteiger partial charge in [-0.1, -0.05) is 7.43 Å². The summed E-state index contributed by atoms with van der Waals surface area (Å²) in [5.74, 6) is 2.13. The minimum absolute atomic E-state index is 0. The SMILES string of the molecule is C.C1CN2CCC1CC2.COc1ccc(O)cc1. The molecule has 0 radical (unpaired) electrons. The minimum atomic E-state index is 0. The normalized spacial score (nSPS) is 24.5. The van der Waals surface area contributed by atoms with E-state index in [9.17, 15) is 0 Å². The monoisotopic (exact) mass is 251 g/mol. The van der Waals surface area contributed by atoms with Crippen LogP contribution in [0.5, 0.6) is 11.5 Å². The molecule has 3 saturated heterocycles. The van der Waals surface area contributed by atoms with Crippen LogP contribution in [-0.4, -0.2) is 36.8 Å². The molecule has 0 saturated carbocycles. The Morgan fingerprint density at radius 1 is 1.06 bits per heavy atom. The van der Waals surface area contributed by atoms with E-state index in [1.165, 1.54) is 38.9 Å². The van der Waals surface area contributed by atoms with Crippen molar-refractivity contribution in [3.63, 3.8) is 0 Å². The molecule has 0 unspecified atom stereocenters. The van der Waals surface area contributed by atoms with E-state index in [-0.39, 0.29) is 13.2 Å². The van der Waals surface area contributed by atoms with Gasteiger partial charge in [-0.05, 0) is 69.1 Å². The molecule has 3 nitrogen and oxygen atoms in total. The molecule has 0 atom stereocenters. The lowest BCUT2D eigenvalue weighted by Gasteiger charge is -2.38. The highest BCUT2D eigenvalue weighted by molar-refractivity contribution is 5.29. The highest BCUT2D eigenvalue weighted by Crippen LogP contribution is 2.26. The fraction of sp³-hybridized carbons (Fsp3) is 0.600. The van der Waals surface area contributed by atoms with Crippen molar-refractivity contribution in [2.45, 2.75) is 26.7 Å². The van der Waals surface area contributed by atoms with Gasteiger partial charge in [-0.25, -0.2) is 0 Å². The molecule has 3 aliphatic rings. The van der Waals surface area contributed by atoms with Gasteiger partial charge in [0.05, 0.1) is 7.11 Å². The van der Waals surface area contributed by atoms with Crippen LogP contribution in [0.1, 0.15) is 26.7 Å². The number of rotatable bonds is 1. The third-order valence-electron chi connectivity index (χ3n) is 3.63. The largest absolute Gasteiger partial charge is 0.508 e. The first-order valence-electron chi connectivity index (χ1n) is 6.33. The van der Waals surface area contributed by atoms with Crippen molar-refractivity contribution in [1.82, 2.24) is 4.90 Å². The lowest BCUT2D eigenvalue weighted by atomic mass is 9.89. The zero-order chi connectivity index (χ0) is 12.1. The van der Waals surface area contributed by atoms with E-state index in [0.29, 0.717) is 0 Å². The topological polar surface area (TPSA) is 32.7 Å². The van der Waals surface area contributed by atoms with Crippen LogP contribution in [0.25, 0.3) is 0 Å². The van der Waals surface area contributed by atoms with E-state index in [1.807, 2.05) is 0 Å². The fourth-order valence-corrected chi connectivity index (χ4v) is 2.45. The summed E-state index contributed by atoms with van der Waals surface area (Å²) in [5.41, 5.74) is 0. The molecule has 0 amide bonds. The summed E-state index contributed by atoms with van der Waals surface area (Å²) in [6.07, 6.45) is 4.46. The third-order valence-corrected chi connectivity index (χ3v) is 3.63. The summed E-state index contributed by atoms with van der Waals surface area (Å²) in [7, 11) is 1.59. The number of nitrogens with zero attached hydrogens (tertiary/aromatic N) is 1. The number of phenolic OH excluding ortho intramolecular Hbond substituents is 1. The van der Waals surface area contributed by atoms with E-state index in [2.05, 4.69) is 4.90 Å². The van der Waals surface area contributed by atoms with Gasteiger partial charge in [0.1, 0.15) is 11.5 Å². The van der Waals surface area contributed by atoms with Gasteiger partial charge in [-0.3, -0.25) is 0 Å². The number of piperidine rings is 3. The summed E-state index contributed by atoms with van der Waals surface area (Å²) in [6, 6.07) is 6.57. The molecule has 1 N–H and O–H groups in total. The van der Waals surface area contributed by atoms with Gasteiger partial charge in [0.25, 0.3) is 0 Å². The van der Waals surface area contributed by atoms with Crippen molar-refractivity contribution in [3.8, 4) is 11.5 Å². The Balaban J connectivity index is 0.000000171. The van der Waals surface area contributed by atoms with Gasteiger partial charge < -0.3 is 14.7 Å². The Labute approximate surface area is 110 Å². The summed E-state index contributed by atoms with van der Waals surface area (Å²) in [6.45, 7) is 4.18. The summed E-state index contributed by atoms with van der Waals surface area (Å²) in [5, 5.41) is 8.80. The summed E-state index contributed by atoms with van der Waals surface area (Å²) >= 11 is 0. The van der Waals surface area contributed by atoms with Crippen molar-refractivity contribution in [3.05, 3.63) is 24.3 Å². The highest BCUT2D eigenvalue weighted by atomic mass is 16.5. The maximum absolute atomic E-state index is 8.80. The smallest absolute Gasteiger partial charge is 0.119 e. The van der Waals surface area contributed by atoms with Crippen LogP contribution in [0.4, 0.5) is 0 Å². The average Bonchev–Trinajstić information content (AvgIpc) is 2.43. The molecule has 0 spiro atoms. The number of aromatic hydroxyl groups is 1. The Hall–Kier alpha value is -1.22. The number of hydrogen-bond donors (Lipinski definition) is 1. The van der Waals surface area contributed by atoms with Gasteiger partial charge in [0.15, 0.2) is 0 Å². The number of hydrogen-bond acceptors (Lipinski definition) is 3. The van der Waals surface area contributed by atoms with Crippen LogP contribution in [0, 0.1) is 5.92 Å². The van der Waals surface area contributed by atoms with Gasteiger partial charge in [0, 0.05) is 0 Å². The maximum atomic E-state index is 8.80. The molecule has 3 aliphatic heterocycles. The zero-order valence-corrected chi connectivity index (χ0v) is 10.4. The van der Waals surface area contributed by atoms with E-state index in [0.717, 1.165) is 11.7 Å². The molecular formula is C15H25NO2. The predicted molar refractivity (Wildman–Crippen MR) is 75.2 cm³/mol. The van der Waals surface area contributed by atoms with Crippen molar-refractivity contribution in [2.75, 3.05) is 26.7 Å². The quantitative estimate of drug-likeness (QED) is 0.832. The molecule has 4 rings (SSSR count). The van der Waals surface area contributed by atoms with E-state index >= 15 is 0 Å². The molecule has 102 valence electrons. The molecule has 0 aromatic heterocycles. The number of ether oxygens (including phenoxy) is 1. The average molecular weight is 251 g/mol. The predicted octanol–water partition coefficient (Wildman–Crippen LogP) is 3.14. The van der Waals surface area contributed by atoms with Crippen molar-refractivity contribution >= 4 is 0 Å². The second-order valence-corrected chi connectivity index (χ2v) is 4.77. The number of methoxy groups -OCH3 is 1. The molecule has 1 aromatic carbocycles. The maximum Gasteiger partial charge on any atom is 0.119 e. The molecule has 3 heteroatoms. The van der Waals surface area contributed by atoms with Crippen molar-refractivity contribution in [2.24, 2.45) is 5.92 Å². The first-order valence-corrected chi connectivity index (χ1v) is 6.33. The standard InChI is InChI=1S/C7H13N.C7H8O2.CH4/c1-4-8-5-2-7(1)3-6-8;1-9-7-4-2-6(8)3-5-7;/h7H,1-6H2;2-5,8H,1H3;1H4. The summed E-state index contributed by atoms with van der Waals surface area (Å²) < 4.78 is 4.86. The summed E-state index contributed by atoms with van der Waals surface area (Å²) in [4.78, 5) is 2.58.